The van der Waals surface area contributed by atoms with Gasteiger partial charge in [-0.1, -0.05) is 11.6 Å². The summed E-state index contributed by atoms with van der Waals surface area (Å²) in [4.78, 5) is 49.2. The number of hydrogen-bond acceptors (Lipinski definition) is 6. The second-order valence-electron chi connectivity index (χ2n) is 7.58. The molecule has 0 spiro atoms. The van der Waals surface area contributed by atoms with Crippen molar-refractivity contribution in [2.75, 3.05) is 37.9 Å². The van der Waals surface area contributed by atoms with E-state index in [4.69, 9.17) is 16.3 Å². The van der Waals surface area contributed by atoms with Crippen LogP contribution in [0.4, 0.5) is 21.0 Å². The minimum absolute atomic E-state index is 0.168. The van der Waals surface area contributed by atoms with Crippen molar-refractivity contribution in [2.45, 2.75) is 18.9 Å². The number of ether oxygens (including phenoxy) is 2. The summed E-state index contributed by atoms with van der Waals surface area (Å²) in [6, 6.07) is 11.3. The number of nitrogens with zero attached hydrogens (tertiary/aromatic N) is 1. The van der Waals surface area contributed by atoms with Crippen molar-refractivity contribution in [3.63, 3.8) is 0 Å². The highest BCUT2D eigenvalue weighted by Gasteiger charge is 2.26. The van der Waals surface area contributed by atoms with Crippen LogP contribution in [0.5, 0.6) is 0 Å². The molecule has 0 aromatic heterocycles. The van der Waals surface area contributed by atoms with Gasteiger partial charge in [-0.3, -0.25) is 20.2 Å². The van der Waals surface area contributed by atoms with Crippen molar-refractivity contribution in [1.82, 2.24) is 10.2 Å². The van der Waals surface area contributed by atoms with Crippen LogP contribution in [0.2, 0.25) is 5.02 Å². The number of nitrogens with one attached hydrogen (secondary N) is 3. The Hall–Kier alpha value is -3.79. The normalized spacial score (nSPS) is 14.2. The predicted molar refractivity (Wildman–Crippen MR) is 126 cm³/mol. The SMILES string of the molecule is COC(=O)Nc1ccc(C(=O)NCC(=O)N(C)CCCC2OC(=O)Nc3ccc(Cl)cc32)cc1. The lowest BCUT2D eigenvalue weighted by Crippen LogP contribution is -2.38. The maximum absolute atomic E-state index is 12.4. The van der Waals surface area contributed by atoms with Gasteiger partial charge in [0.25, 0.3) is 5.91 Å². The van der Waals surface area contributed by atoms with Crippen LogP contribution in [0.3, 0.4) is 0 Å². The Morgan fingerprint density at radius 3 is 2.62 bits per heavy atom. The van der Waals surface area contributed by atoms with E-state index in [0.717, 1.165) is 5.56 Å². The molecule has 0 bridgehead atoms. The fraction of sp³-hybridized carbons (Fsp3) is 0.304. The highest BCUT2D eigenvalue weighted by molar-refractivity contribution is 6.30. The minimum atomic E-state index is -0.614. The Bertz CT molecular complexity index is 1080. The molecule has 10 nitrogen and oxygen atoms in total. The van der Waals surface area contributed by atoms with Crippen molar-refractivity contribution in [3.8, 4) is 0 Å². The van der Waals surface area contributed by atoms with E-state index < -0.39 is 24.2 Å². The van der Waals surface area contributed by atoms with Crippen LogP contribution in [-0.2, 0) is 14.3 Å². The average molecular weight is 489 g/mol. The first kappa shape index (κ1) is 24.8. The zero-order chi connectivity index (χ0) is 24.7. The highest BCUT2D eigenvalue weighted by Crippen LogP contribution is 2.35. The summed E-state index contributed by atoms with van der Waals surface area (Å²) in [5.74, 6) is -0.676. The molecule has 1 heterocycles. The van der Waals surface area contributed by atoms with Gasteiger partial charge in [-0.05, 0) is 55.3 Å². The number of anilines is 2. The number of amides is 4. The number of carbonyl (C=O) groups excluding carboxylic acids is 4. The molecule has 0 fully saturated rings. The molecular weight excluding hydrogens is 464 g/mol. The summed E-state index contributed by atoms with van der Waals surface area (Å²) in [5, 5.41) is 8.25. The number of cyclic esters (lactones) is 1. The molecule has 2 aromatic carbocycles. The molecule has 1 aliphatic rings. The van der Waals surface area contributed by atoms with Crippen LogP contribution in [0.25, 0.3) is 0 Å². The Labute approximate surface area is 201 Å². The second kappa shape index (κ2) is 11.4. The van der Waals surface area contributed by atoms with Crippen molar-refractivity contribution in [2.24, 2.45) is 0 Å². The van der Waals surface area contributed by atoms with Crippen molar-refractivity contribution < 1.29 is 28.7 Å². The largest absolute Gasteiger partial charge is 0.453 e. The molecule has 34 heavy (non-hydrogen) atoms. The van der Waals surface area contributed by atoms with Gasteiger partial charge in [0.1, 0.15) is 6.10 Å². The highest BCUT2D eigenvalue weighted by atomic mass is 35.5. The van der Waals surface area contributed by atoms with Gasteiger partial charge in [0.15, 0.2) is 0 Å². The van der Waals surface area contributed by atoms with Crippen LogP contribution in [0.1, 0.15) is 34.9 Å². The Balaban J connectivity index is 1.44. The van der Waals surface area contributed by atoms with Gasteiger partial charge in [-0.2, -0.15) is 0 Å². The maximum atomic E-state index is 12.4. The van der Waals surface area contributed by atoms with Crippen LogP contribution >= 0.6 is 11.6 Å². The lowest BCUT2D eigenvalue weighted by atomic mass is 10.0. The van der Waals surface area contributed by atoms with Gasteiger partial charge in [0.2, 0.25) is 5.91 Å². The third kappa shape index (κ3) is 6.61. The topological polar surface area (TPSA) is 126 Å². The third-order valence-corrected chi connectivity index (χ3v) is 5.45. The van der Waals surface area contributed by atoms with Crippen LogP contribution in [0, 0.1) is 0 Å². The predicted octanol–water partition coefficient (Wildman–Crippen LogP) is 3.79. The summed E-state index contributed by atoms with van der Waals surface area (Å²) in [6.45, 7) is 0.248. The monoisotopic (exact) mass is 488 g/mol. The summed E-state index contributed by atoms with van der Waals surface area (Å²) in [5.41, 5.74) is 2.27. The van der Waals surface area contributed by atoms with Crippen LogP contribution < -0.4 is 16.0 Å². The standard InChI is InChI=1S/C23H25ClN4O6/c1-28(11-3-4-19-17-12-15(24)7-10-18(17)27-23(32)34-19)20(29)13-25-21(30)14-5-8-16(9-6-14)26-22(31)33-2/h5-10,12,19H,3-4,11,13H2,1-2H3,(H,25,30)(H,26,31)(H,27,32). The van der Waals surface area contributed by atoms with Crippen LogP contribution in [0.15, 0.2) is 42.5 Å². The summed E-state index contributed by atoms with van der Waals surface area (Å²) >= 11 is 6.07. The zero-order valence-corrected chi connectivity index (χ0v) is 19.5. The molecule has 1 aliphatic heterocycles. The lowest BCUT2D eigenvalue weighted by molar-refractivity contribution is -0.128. The number of likely N-dealkylation sites (N-methyl/N-ethyl adjacent to an activating group) is 1. The van der Waals surface area contributed by atoms with E-state index in [1.54, 1.807) is 37.4 Å². The molecule has 3 N–H and O–H groups in total. The van der Waals surface area contributed by atoms with Gasteiger partial charge in [-0.25, -0.2) is 9.59 Å². The number of carbonyl (C=O) groups is 4. The van der Waals surface area contributed by atoms with E-state index in [0.29, 0.717) is 41.3 Å². The quantitative estimate of drug-likeness (QED) is 0.519. The number of hydrogen-bond donors (Lipinski definition) is 3. The van der Waals surface area contributed by atoms with E-state index in [2.05, 4.69) is 20.7 Å². The fourth-order valence-electron chi connectivity index (χ4n) is 3.37. The first-order valence-corrected chi connectivity index (χ1v) is 10.9. The number of rotatable bonds is 8. The molecule has 0 saturated heterocycles. The lowest BCUT2D eigenvalue weighted by Gasteiger charge is -2.27. The summed E-state index contributed by atoms with van der Waals surface area (Å²) in [7, 11) is 2.89. The Kier molecular flexibility index (Phi) is 8.31. The molecule has 0 aliphatic carbocycles. The minimum Gasteiger partial charge on any atom is -0.453 e. The molecule has 11 heteroatoms. The van der Waals surface area contributed by atoms with E-state index in [1.807, 2.05) is 0 Å². The molecule has 3 rings (SSSR count). The van der Waals surface area contributed by atoms with E-state index in [1.165, 1.54) is 24.1 Å². The van der Waals surface area contributed by atoms with E-state index in [-0.39, 0.29) is 12.5 Å². The number of halogens is 1. The molecule has 0 radical (unpaired) electrons. The molecular formula is C23H25ClN4O6. The summed E-state index contributed by atoms with van der Waals surface area (Å²) in [6.07, 6.45) is -0.508. The molecule has 2 aromatic rings. The molecule has 180 valence electrons. The van der Waals surface area contributed by atoms with Crippen molar-refractivity contribution >= 4 is 47.0 Å². The first-order chi connectivity index (χ1) is 16.3. The van der Waals surface area contributed by atoms with E-state index in [9.17, 15) is 19.2 Å². The third-order valence-electron chi connectivity index (χ3n) is 5.21. The Morgan fingerprint density at radius 2 is 1.91 bits per heavy atom. The van der Waals surface area contributed by atoms with Crippen molar-refractivity contribution in [1.29, 1.82) is 0 Å². The number of methoxy groups -OCH3 is 1. The number of benzene rings is 2. The number of fused-ring (bicyclic) bond motifs is 1. The van der Waals surface area contributed by atoms with Gasteiger partial charge in [0.05, 0.1) is 19.3 Å². The second-order valence-corrected chi connectivity index (χ2v) is 8.02. The van der Waals surface area contributed by atoms with Gasteiger partial charge >= 0.3 is 12.2 Å². The molecule has 1 atom stereocenters. The van der Waals surface area contributed by atoms with E-state index >= 15 is 0 Å². The van der Waals surface area contributed by atoms with Gasteiger partial charge < -0.3 is 19.7 Å². The maximum Gasteiger partial charge on any atom is 0.412 e. The smallest absolute Gasteiger partial charge is 0.412 e. The van der Waals surface area contributed by atoms with Gasteiger partial charge in [-0.15, -0.1) is 0 Å². The Morgan fingerprint density at radius 1 is 1.18 bits per heavy atom. The molecule has 0 saturated carbocycles. The van der Waals surface area contributed by atoms with Crippen molar-refractivity contribution in [3.05, 3.63) is 58.6 Å². The fourth-order valence-corrected chi connectivity index (χ4v) is 3.55. The van der Waals surface area contributed by atoms with Gasteiger partial charge in [0, 0.05) is 35.4 Å². The first-order valence-electron chi connectivity index (χ1n) is 10.5. The summed E-state index contributed by atoms with van der Waals surface area (Å²) < 4.78 is 9.88. The molecule has 4 amide bonds. The molecule has 1 unspecified atom stereocenters. The average Bonchev–Trinajstić information content (AvgIpc) is 2.82. The zero-order valence-electron chi connectivity index (χ0n) is 18.7. The van der Waals surface area contributed by atoms with Crippen LogP contribution in [-0.4, -0.2) is 56.1 Å².